The normalized spacial score (nSPS) is 34.6. The summed E-state index contributed by atoms with van der Waals surface area (Å²) in [5.41, 5.74) is 1.12. The van der Waals surface area contributed by atoms with Crippen LogP contribution in [0.2, 0.25) is 0 Å². The lowest BCUT2D eigenvalue weighted by Gasteiger charge is -2.32. The van der Waals surface area contributed by atoms with Crippen LogP contribution in [0.25, 0.3) is 6.08 Å². The zero-order valence-electron chi connectivity index (χ0n) is 11.7. The molecule has 2 fully saturated rings. The van der Waals surface area contributed by atoms with Crippen LogP contribution >= 0.6 is 0 Å². The summed E-state index contributed by atoms with van der Waals surface area (Å²) in [5.74, 6) is 3.37. The Kier molecular flexibility index (Phi) is 3.72. The lowest BCUT2D eigenvalue weighted by Crippen LogP contribution is -2.22. The van der Waals surface area contributed by atoms with Crippen molar-refractivity contribution in [3.8, 4) is 0 Å². The third-order valence-corrected chi connectivity index (χ3v) is 5.05. The molecule has 0 heterocycles. The van der Waals surface area contributed by atoms with Gasteiger partial charge in [-0.2, -0.15) is 0 Å². The fraction of sp³-hybridized carbons (Fsp3) is 0.556. The number of benzene rings is 1. The fourth-order valence-corrected chi connectivity index (χ4v) is 4.18. The van der Waals surface area contributed by atoms with Crippen molar-refractivity contribution in [2.24, 2.45) is 23.7 Å². The summed E-state index contributed by atoms with van der Waals surface area (Å²) < 4.78 is 12.9. The van der Waals surface area contributed by atoms with Crippen LogP contribution in [-0.2, 0) is 0 Å². The highest BCUT2D eigenvalue weighted by Crippen LogP contribution is 2.48. The minimum Gasteiger partial charge on any atom is -0.207 e. The molecule has 0 spiro atoms. The Balaban J connectivity index is 1.70. The van der Waals surface area contributed by atoms with Crippen LogP contribution in [-0.4, -0.2) is 0 Å². The number of hydrogen-bond acceptors (Lipinski definition) is 0. The maximum atomic E-state index is 12.9. The van der Waals surface area contributed by atoms with Crippen molar-refractivity contribution < 1.29 is 4.39 Å². The molecule has 19 heavy (non-hydrogen) atoms. The maximum absolute atomic E-state index is 12.9. The number of hydrogen-bond donors (Lipinski definition) is 0. The summed E-state index contributed by atoms with van der Waals surface area (Å²) in [4.78, 5) is 0. The van der Waals surface area contributed by atoms with Crippen LogP contribution in [0.1, 0.15) is 44.6 Å². The topological polar surface area (TPSA) is 0 Å². The van der Waals surface area contributed by atoms with Crippen molar-refractivity contribution in [2.45, 2.75) is 39.0 Å². The SMILES string of the molecule is CC1CC2CCCC(/C=C/c3ccc(F)cc3)C2C1. The predicted octanol–water partition coefficient (Wildman–Crippen LogP) is 5.30. The van der Waals surface area contributed by atoms with Crippen LogP contribution in [0.5, 0.6) is 0 Å². The first-order valence-corrected chi connectivity index (χ1v) is 7.66. The van der Waals surface area contributed by atoms with Crippen LogP contribution in [0, 0.1) is 29.5 Å². The van der Waals surface area contributed by atoms with Crippen molar-refractivity contribution in [1.29, 1.82) is 0 Å². The smallest absolute Gasteiger partial charge is 0.123 e. The van der Waals surface area contributed by atoms with Gasteiger partial charge in [0.15, 0.2) is 0 Å². The number of halogens is 1. The van der Waals surface area contributed by atoms with E-state index in [0.29, 0.717) is 0 Å². The molecular formula is C18H23F. The molecule has 1 heteroatoms. The van der Waals surface area contributed by atoms with E-state index < -0.39 is 0 Å². The molecule has 3 rings (SSSR count). The van der Waals surface area contributed by atoms with Gasteiger partial charge in [-0.1, -0.05) is 44.1 Å². The third kappa shape index (κ3) is 2.91. The molecule has 4 atom stereocenters. The van der Waals surface area contributed by atoms with Gasteiger partial charge in [0.25, 0.3) is 0 Å². The molecule has 2 aliphatic carbocycles. The molecule has 102 valence electrons. The lowest BCUT2D eigenvalue weighted by molar-refractivity contribution is 0.219. The van der Waals surface area contributed by atoms with E-state index in [0.717, 1.165) is 29.2 Å². The predicted molar refractivity (Wildman–Crippen MR) is 78.2 cm³/mol. The van der Waals surface area contributed by atoms with E-state index in [1.807, 2.05) is 12.1 Å². The van der Waals surface area contributed by atoms with Gasteiger partial charge in [-0.15, -0.1) is 0 Å². The number of rotatable bonds is 2. The van der Waals surface area contributed by atoms with Crippen molar-refractivity contribution in [3.05, 3.63) is 41.7 Å². The molecule has 0 bridgehead atoms. The standard InChI is InChI=1S/C18H23F/c1-13-11-16-4-2-3-15(18(16)12-13)8-5-14-6-9-17(19)10-7-14/h5-10,13,15-16,18H,2-4,11-12H2,1H3/b8-5+. The average molecular weight is 258 g/mol. The number of fused-ring (bicyclic) bond motifs is 1. The van der Waals surface area contributed by atoms with Crippen LogP contribution in [0.3, 0.4) is 0 Å². The summed E-state index contributed by atoms with van der Waals surface area (Å²) in [6.07, 6.45) is 11.6. The summed E-state index contributed by atoms with van der Waals surface area (Å²) >= 11 is 0. The highest BCUT2D eigenvalue weighted by molar-refractivity contribution is 5.49. The molecule has 1 aromatic carbocycles. The molecule has 0 aliphatic heterocycles. The Morgan fingerprint density at radius 2 is 1.89 bits per heavy atom. The van der Waals surface area contributed by atoms with E-state index in [1.165, 1.54) is 32.1 Å². The Labute approximate surface area is 115 Å². The molecule has 0 N–H and O–H groups in total. The molecule has 4 unspecified atom stereocenters. The molecule has 0 aromatic heterocycles. The summed E-state index contributed by atoms with van der Waals surface area (Å²) in [7, 11) is 0. The van der Waals surface area contributed by atoms with Gasteiger partial charge in [-0.05, 0) is 60.6 Å². The van der Waals surface area contributed by atoms with Gasteiger partial charge in [0.05, 0.1) is 0 Å². The summed E-state index contributed by atoms with van der Waals surface area (Å²) in [6.45, 7) is 2.40. The Hall–Kier alpha value is -1.11. The Morgan fingerprint density at radius 1 is 1.11 bits per heavy atom. The van der Waals surface area contributed by atoms with Crippen molar-refractivity contribution in [1.82, 2.24) is 0 Å². The Morgan fingerprint density at radius 3 is 2.68 bits per heavy atom. The maximum Gasteiger partial charge on any atom is 0.123 e. The molecule has 0 radical (unpaired) electrons. The van der Waals surface area contributed by atoms with Gasteiger partial charge >= 0.3 is 0 Å². The number of allylic oxidation sites excluding steroid dienone is 1. The minimum absolute atomic E-state index is 0.153. The quantitative estimate of drug-likeness (QED) is 0.675. The Bertz CT molecular complexity index is 445. The van der Waals surface area contributed by atoms with E-state index in [4.69, 9.17) is 0 Å². The van der Waals surface area contributed by atoms with Gasteiger partial charge in [0, 0.05) is 0 Å². The summed E-state index contributed by atoms with van der Waals surface area (Å²) in [5, 5.41) is 0. The van der Waals surface area contributed by atoms with Crippen LogP contribution in [0.15, 0.2) is 30.3 Å². The fourth-order valence-electron chi connectivity index (χ4n) is 4.18. The second-order valence-corrected chi connectivity index (χ2v) is 6.51. The second kappa shape index (κ2) is 5.48. The molecule has 2 saturated carbocycles. The molecule has 2 aliphatic rings. The first kappa shape index (κ1) is 12.9. The third-order valence-electron chi connectivity index (χ3n) is 5.05. The van der Waals surface area contributed by atoms with Gasteiger partial charge in [-0.3, -0.25) is 0 Å². The van der Waals surface area contributed by atoms with Gasteiger partial charge < -0.3 is 0 Å². The lowest BCUT2D eigenvalue weighted by atomic mass is 9.73. The molecule has 0 nitrogen and oxygen atoms in total. The first-order chi connectivity index (χ1) is 9.22. The van der Waals surface area contributed by atoms with Gasteiger partial charge in [-0.25, -0.2) is 4.39 Å². The van der Waals surface area contributed by atoms with E-state index >= 15 is 0 Å². The van der Waals surface area contributed by atoms with E-state index in [9.17, 15) is 4.39 Å². The highest BCUT2D eigenvalue weighted by atomic mass is 19.1. The molecule has 1 aromatic rings. The zero-order chi connectivity index (χ0) is 13.2. The van der Waals surface area contributed by atoms with Gasteiger partial charge in [0.2, 0.25) is 0 Å². The van der Waals surface area contributed by atoms with Gasteiger partial charge in [0.1, 0.15) is 5.82 Å². The van der Waals surface area contributed by atoms with Crippen LogP contribution < -0.4 is 0 Å². The first-order valence-electron chi connectivity index (χ1n) is 7.66. The molecule has 0 amide bonds. The van der Waals surface area contributed by atoms with E-state index in [2.05, 4.69) is 19.1 Å². The summed E-state index contributed by atoms with van der Waals surface area (Å²) in [6, 6.07) is 6.81. The molecular weight excluding hydrogens is 235 g/mol. The van der Waals surface area contributed by atoms with E-state index in [-0.39, 0.29) is 5.82 Å². The van der Waals surface area contributed by atoms with E-state index in [1.54, 1.807) is 12.1 Å². The van der Waals surface area contributed by atoms with Crippen molar-refractivity contribution >= 4 is 6.08 Å². The second-order valence-electron chi connectivity index (χ2n) is 6.51. The minimum atomic E-state index is -0.153. The van der Waals surface area contributed by atoms with Crippen molar-refractivity contribution in [2.75, 3.05) is 0 Å². The largest absolute Gasteiger partial charge is 0.207 e. The highest BCUT2D eigenvalue weighted by Gasteiger charge is 2.38. The van der Waals surface area contributed by atoms with Crippen molar-refractivity contribution in [3.63, 3.8) is 0 Å². The zero-order valence-corrected chi connectivity index (χ0v) is 11.7. The molecule has 0 saturated heterocycles. The van der Waals surface area contributed by atoms with Crippen LogP contribution in [0.4, 0.5) is 4.39 Å². The monoisotopic (exact) mass is 258 g/mol. The average Bonchev–Trinajstić information content (AvgIpc) is 2.79.